The molecule has 14 heteroatoms. The summed E-state index contributed by atoms with van der Waals surface area (Å²) in [5, 5.41) is 13.7. The molecule has 2 aromatic heterocycles. The Hall–Kier alpha value is -4.72. The Balaban J connectivity index is 1.04. The zero-order valence-corrected chi connectivity index (χ0v) is 31.8. The predicted octanol–water partition coefficient (Wildman–Crippen LogP) is 7.93. The van der Waals surface area contributed by atoms with Gasteiger partial charge in [0.15, 0.2) is 0 Å². The van der Waals surface area contributed by atoms with Crippen molar-refractivity contribution < 1.29 is 42.1 Å². The van der Waals surface area contributed by atoms with Crippen LogP contribution >= 0.6 is 11.6 Å². The number of methoxy groups -OCH3 is 2. The molecule has 2 N–H and O–H groups in total. The summed E-state index contributed by atoms with van der Waals surface area (Å²) < 4.78 is 61.1. The number of aliphatic carboxylic acids is 1. The van der Waals surface area contributed by atoms with E-state index < -0.39 is 35.7 Å². The molecule has 0 unspecified atom stereocenters. The Morgan fingerprint density at radius 3 is 2.45 bits per heavy atom. The average Bonchev–Trinajstić information content (AvgIpc) is 3.43. The van der Waals surface area contributed by atoms with Gasteiger partial charge < -0.3 is 24.6 Å². The molecule has 294 valence electrons. The topological polar surface area (TPSA) is 123 Å². The van der Waals surface area contributed by atoms with Crippen LogP contribution in [0.15, 0.2) is 54.6 Å². The molecule has 4 aromatic rings. The first-order valence-corrected chi connectivity index (χ1v) is 19.3. The number of Topliss-reactive ketones (excluding diaryl/α,β-unsaturated/α-hetero) is 1. The number of benzene rings is 2. The highest BCUT2D eigenvalue weighted by Gasteiger charge is 2.55. The number of ketones is 1. The summed E-state index contributed by atoms with van der Waals surface area (Å²) in [7, 11) is 2.90. The van der Waals surface area contributed by atoms with Crippen LogP contribution in [0.25, 0.3) is 22.4 Å². The van der Waals surface area contributed by atoms with E-state index in [-0.39, 0.29) is 29.8 Å². The lowest BCUT2D eigenvalue weighted by atomic mass is 9.94. The van der Waals surface area contributed by atoms with E-state index in [9.17, 15) is 27.9 Å². The third kappa shape index (κ3) is 7.44. The van der Waals surface area contributed by atoms with Gasteiger partial charge in [0.25, 0.3) is 0 Å². The third-order valence-electron chi connectivity index (χ3n) is 11.7. The fourth-order valence-electron chi connectivity index (χ4n) is 8.85. The summed E-state index contributed by atoms with van der Waals surface area (Å²) >= 11 is 7.13. The highest BCUT2D eigenvalue weighted by Crippen LogP contribution is 2.51. The molecule has 0 spiro atoms. The van der Waals surface area contributed by atoms with Crippen molar-refractivity contribution in [3.05, 3.63) is 87.4 Å². The Labute approximate surface area is 327 Å². The van der Waals surface area contributed by atoms with Crippen molar-refractivity contribution in [3.63, 3.8) is 0 Å². The van der Waals surface area contributed by atoms with Gasteiger partial charge >= 0.3 is 12.1 Å². The number of aromatic nitrogens is 2. The molecule has 3 fully saturated rings. The van der Waals surface area contributed by atoms with Crippen LogP contribution in [0.3, 0.4) is 0 Å². The molecule has 5 atom stereocenters. The summed E-state index contributed by atoms with van der Waals surface area (Å²) in [5.41, 5.74) is 4.55. The van der Waals surface area contributed by atoms with Crippen LogP contribution in [0.2, 0.25) is 5.02 Å². The van der Waals surface area contributed by atoms with E-state index in [1.807, 2.05) is 48.5 Å². The van der Waals surface area contributed by atoms with Crippen molar-refractivity contribution in [2.24, 2.45) is 17.8 Å². The second kappa shape index (κ2) is 15.3. The van der Waals surface area contributed by atoms with Gasteiger partial charge in [-0.3, -0.25) is 14.5 Å². The molecule has 56 heavy (non-hydrogen) atoms. The first kappa shape index (κ1) is 38.2. The number of likely N-dealkylation sites (tertiary alicyclic amines) is 1. The summed E-state index contributed by atoms with van der Waals surface area (Å²) in [4.78, 5) is 34.3. The van der Waals surface area contributed by atoms with Crippen LogP contribution in [0.4, 0.5) is 13.2 Å². The van der Waals surface area contributed by atoms with Crippen molar-refractivity contribution >= 4 is 23.4 Å². The Kier molecular flexibility index (Phi) is 10.4. The van der Waals surface area contributed by atoms with Gasteiger partial charge in [0, 0.05) is 54.7 Å². The molecule has 1 aliphatic heterocycles. The number of nitrogens with one attached hydrogen (secondary N) is 1. The molecule has 3 heterocycles. The maximum absolute atomic E-state index is 14.6. The average molecular weight is 791 g/mol. The van der Waals surface area contributed by atoms with Crippen molar-refractivity contribution in [3.8, 4) is 40.0 Å². The van der Waals surface area contributed by atoms with Crippen LogP contribution in [-0.4, -0.2) is 65.1 Å². The smallest absolute Gasteiger partial charge is 0.421 e. The number of piperidine rings is 1. The van der Waals surface area contributed by atoms with E-state index in [1.165, 1.54) is 7.11 Å². The summed E-state index contributed by atoms with van der Waals surface area (Å²) in [6.45, 7) is 1.75. The Morgan fingerprint density at radius 2 is 1.71 bits per heavy atom. The normalized spacial score (nSPS) is 22.9. The molecule has 1 saturated heterocycles. The molecule has 0 bridgehead atoms. The van der Waals surface area contributed by atoms with Crippen LogP contribution in [0.5, 0.6) is 17.6 Å². The van der Waals surface area contributed by atoms with Gasteiger partial charge in [0.1, 0.15) is 23.5 Å². The maximum Gasteiger partial charge on any atom is 0.421 e. The highest BCUT2D eigenvalue weighted by molar-refractivity contribution is 6.36. The third-order valence-corrected chi connectivity index (χ3v) is 12.1. The number of nitrogens with zero attached hydrogens (tertiary/aromatic N) is 3. The van der Waals surface area contributed by atoms with Crippen molar-refractivity contribution in [2.75, 3.05) is 27.3 Å². The molecule has 0 radical (unpaired) electrons. The monoisotopic (exact) mass is 790 g/mol. The van der Waals surface area contributed by atoms with Crippen molar-refractivity contribution in [2.45, 2.75) is 69.9 Å². The van der Waals surface area contributed by atoms with Gasteiger partial charge in [-0.25, -0.2) is 4.98 Å². The van der Waals surface area contributed by atoms with Gasteiger partial charge in [-0.1, -0.05) is 54.1 Å². The number of alkyl halides is 3. The molecule has 4 aliphatic rings. The highest BCUT2D eigenvalue weighted by atomic mass is 35.5. The zero-order valence-electron chi connectivity index (χ0n) is 31.0. The number of carbonyl (C=O) groups is 2. The van der Waals surface area contributed by atoms with E-state index in [1.54, 1.807) is 12.0 Å². The minimum atomic E-state index is -4.79. The van der Waals surface area contributed by atoms with Crippen molar-refractivity contribution in [1.82, 2.24) is 20.2 Å². The number of carboxylic acid groups (broad SMARTS) is 1. The van der Waals surface area contributed by atoms with Gasteiger partial charge in [-0.15, -0.1) is 0 Å². The standard InChI is InChI=1S/C42H42ClF3N4O6/c1-54-38-23(19-47-18-22-9-11-26(51)15-22)10-13-34(48-38)31-8-4-7-30(36(31)43)27-5-3-6-29-28(27)12-14-35(29)56-40-33(42(44,45)46)17-25(39(49-40)55-2)21-50-20-24-16-32(24)37(50)41(52)53/h3-8,10,13,17,22,24,32,35,37,47H,9,11-12,14-16,18-21H2,1-2H3,(H,52,53)/t22-,24-,32-,35+,37+/m1/s1. The predicted molar refractivity (Wildman–Crippen MR) is 202 cm³/mol. The van der Waals surface area contributed by atoms with E-state index in [0.29, 0.717) is 72.6 Å². The number of rotatable bonds is 13. The lowest BCUT2D eigenvalue weighted by molar-refractivity contribution is -0.143. The van der Waals surface area contributed by atoms with E-state index in [4.69, 9.17) is 30.8 Å². The minimum Gasteiger partial charge on any atom is -0.481 e. The SMILES string of the molecule is COc1nc(-c2cccc(-c3cccc4c3CC[C@@H]4Oc3nc(OC)c(CN4C[C@H]5C[C@H]5[C@H]4C(=O)O)cc3C(F)(F)F)c2Cl)ccc1CNC[C@@H]1CCC(=O)C1. The summed E-state index contributed by atoms with van der Waals surface area (Å²) in [6.07, 6.45) is -1.58. The second-order valence-electron chi connectivity index (χ2n) is 15.2. The van der Waals surface area contributed by atoms with Gasteiger partial charge in [-0.05, 0) is 78.8 Å². The molecule has 2 saturated carbocycles. The van der Waals surface area contributed by atoms with Crippen LogP contribution < -0.4 is 19.5 Å². The van der Waals surface area contributed by atoms with Crippen LogP contribution in [-0.2, 0) is 35.3 Å². The Bertz CT molecular complexity index is 2180. The molecular weight excluding hydrogens is 749 g/mol. The number of carboxylic acids is 1. The van der Waals surface area contributed by atoms with Gasteiger partial charge in [0.2, 0.25) is 17.6 Å². The lowest BCUT2D eigenvalue weighted by Crippen LogP contribution is -2.39. The number of ether oxygens (including phenoxy) is 3. The summed E-state index contributed by atoms with van der Waals surface area (Å²) in [6, 6.07) is 15.4. The lowest BCUT2D eigenvalue weighted by Gasteiger charge is -2.26. The molecule has 3 aliphatic carbocycles. The van der Waals surface area contributed by atoms with E-state index in [2.05, 4.69) is 10.3 Å². The summed E-state index contributed by atoms with van der Waals surface area (Å²) in [5.74, 6) is -0.218. The van der Waals surface area contributed by atoms with Gasteiger partial charge in [0.05, 0.1) is 24.9 Å². The molecular formula is C42H42ClF3N4O6. The first-order chi connectivity index (χ1) is 26.9. The molecule has 10 nitrogen and oxygen atoms in total. The minimum absolute atomic E-state index is 0.0159. The number of pyridine rings is 2. The molecule has 0 amide bonds. The van der Waals surface area contributed by atoms with E-state index >= 15 is 0 Å². The number of hydrogen-bond donors (Lipinski definition) is 2. The zero-order chi connectivity index (χ0) is 39.3. The number of halogens is 4. The first-order valence-electron chi connectivity index (χ1n) is 18.9. The van der Waals surface area contributed by atoms with Crippen molar-refractivity contribution in [1.29, 1.82) is 0 Å². The maximum atomic E-state index is 14.6. The fourth-order valence-corrected chi connectivity index (χ4v) is 9.17. The number of fused-ring (bicyclic) bond motifs is 2. The number of carbonyl (C=O) groups excluding carboxylic acids is 1. The second-order valence-corrected chi connectivity index (χ2v) is 15.6. The van der Waals surface area contributed by atoms with Gasteiger partial charge in [-0.2, -0.15) is 18.2 Å². The fraction of sp³-hybridized carbons (Fsp3) is 0.429. The number of hydrogen-bond acceptors (Lipinski definition) is 9. The molecule has 2 aromatic carbocycles. The van der Waals surface area contributed by atoms with Crippen LogP contribution in [0.1, 0.15) is 66.0 Å². The van der Waals surface area contributed by atoms with Crippen LogP contribution in [0, 0.1) is 17.8 Å². The largest absolute Gasteiger partial charge is 0.481 e. The molecule has 8 rings (SSSR count). The Morgan fingerprint density at radius 1 is 0.964 bits per heavy atom. The van der Waals surface area contributed by atoms with E-state index in [0.717, 1.165) is 53.3 Å². The quantitative estimate of drug-likeness (QED) is 0.138.